The minimum atomic E-state index is -0.256. The third-order valence-corrected chi connectivity index (χ3v) is 5.22. The molecule has 0 aliphatic carbocycles. The average Bonchev–Trinajstić information content (AvgIpc) is 3.18. The molecule has 150 valence electrons. The summed E-state index contributed by atoms with van der Waals surface area (Å²) in [6.45, 7) is 6.67. The van der Waals surface area contributed by atoms with Crippen LogP contribution in [0.2, 0.25) is 0 Å². The van der Waals surface area contributed by atoms with E-state index in [0.717, 1.165) is 13.1 Å². The number of hydrogen-bond acceptors (Lipinski definition) is 5. The summed E-state index contributed by atoms with van der Waals surface area (Å²) < 4.78 is 5.23. The first-order valence-corrected chi connectivity index (χ1v) is 9.57. The predicted octanol–water partition coefficient (Wildman–Crippen LogP) is 2.17. The van der Waals surface area contributed by atoms with Crippen LogP contribution in [-0.4, -0.2) is 60.4 Å². The standard InChI is InChI=1S/C21H28N4O3/c1-15-13-25(16(2)12-24(15)3)14-20(26)23-19-9-5-4-8-18(19)21(27)22-11-17-7-6-10-28-17/h4-10,15-16H,11-14H2,1-3H3,(H,22,27)(H,23,26)/t15-,16+/m1/s1. The molecule has 1 aromatic heterocycles. The molecule has 3 rings (SSSR count). The number of hydrogen-bond donors (Lipinski definition) is 2. The van der Waals surface area contributed by atoms with E-state index in [2.05, 4.69) is 41.3 Å². The van der Waals surface area contributed by atoms with E-state index in [1.807, 2.05) is 0 Å². The molecule has 1 fully saturated rings. The Labute approximate surface area is 165 Å². The summed E-state index contributed by atoms with van der Waals surface area (Å²) in [5.74, 6) is 0.303. The van der Waals surface area contributed by atoms with E-state index in [4.69, 9.17) is 4.42 Å². The molecule has 0 radical (unpaired) electrons. The van der Waals surface area contributed by atoms with Gasteiger partial charge < -0.3 is 20.0 Å². The van der Waals surface area contributed by atoms with Gasteiger partial charge in [0.05, 0.1) is 30.6 Å². The molecule has 2 atom stereocenters. The first-order valence-electron chi connectivity index (χ1n) is 9.57. The minimum absolute atomic E-state index is 0.116. The molecule has 0 spiro atoms. The van der Waals surface area contributed by atoms with Gasteiger partial charge in [0.25, 0.3) is 5.91 Å². The van der Waals surface area contributed by atoms with Gasteiger partial charge in [-0.25, -0.2) is 0 Å². The van der Waals surface area contributed by atoms with Gasteiger partial charge in [0.2, 0.25) is 5.91 Å². The summed E-state index contributed by atoms with van der Waals surface area (Å²) in [5.41, 5.74) is 0.946. The summed E-state index contributed by atoms with van der Waals surface area (Å²) in [6.07, 6.45) is 1.57. The van der Waals surface area contributed by atoms with Crippen LogP contribution in [0, 0.1) is 0 Å². The first kappa shape index (κ1) is 20.1. The minimum Gasteiger partial charge on any atom is -0.467 e. The van der Waals surface area contributed by atoms with Crippen molar-refractivity contribution in [2.45, 2.75) is 32.5 Å². The zero-order valence-electron chi connectivity index (χ0n) is 16.6. The topological polar surface area (TPSA) is 77.8 Å². The predicted molar refractivity (Wildman–Crippen MR) is 108 cm³/mol. The van der Waals surface area contributed by atoms with Crippen molar-refractivity contribution < 1.29 is 14.0 Å². The highest BCUT2D eigenvalue weighted by Gasteiger charge is 2.28. The maximum Gasteiger partial charge on any atom is 0.253 e. The molecule has 28 heavy (non-hydrogen) atoms. The summed E-state index contributed by atoms with van der Waals surface area (Å²) >= 11 is 0. The zero-order valence-corrected chi connectivity index (χ0v) is 16.6. The highest BCUT2D eigenvalue weighted by Crippen LogP contribution is 2.17. The van der Waals surface area contributed by atoms with E-state index in [9.17, 15) is 9.59 Å². The number of nitrogens with zero attached hydrogens (tertiary/aromatic N) is 2. The number of piperazine rings is 1. The molecule has 2 amide bonds. The Bertz CT molecular complexity index is 806. The van der Waals surface area contributed by atoms with Gasteiger partial charge in [-0.1, -0.05) is 12.1 Å². The Kier molecular flexibility index (Phi) is 6.49. The quantitative estimate of drug-likeness (QED) is 0.798. The third-order valence-electron chi connectivity index (χ3n) is 5.22. The van der Waals surface area contributed by atoms with Gasteiger partial charge in [-0.3, -0.25) is 14.5 Å². The van der Waals surface area contributed by atoms with Crippen LogP contribution >= 0.6 is 0 Å². The highest BCUT2D eigenvalue weighted by atomic mass is 16.3. The van der Waals surface area contributed by atoms with Gasteiger partial charge in [0.15, 0.2) is 0 Å². The molecule has 2 N–H and O–H groups in total. The Balaban J connectivity index is 1.61. The number of carbonyl (C=O) groups excluding carboxylic acids is 2. The third kappa shape index (κ3) is 4.99. The number of para-hydroxylation sites is 1. The summed E-state index contributed by atoms with van der Waals surface area (Å²) in [4.78, 5) is 29.6. The SMILES string of the molecule is C[C@@H]1CN(CC(=O)Nc2ccccc2C(=O)NCc2ccco2)[C@@H](C)CN1C. The molecule has 2 heterocycles. The number of furan rings is 1. The van der Waals surface area contributed by atoms with E-state index < -0.39 is 0 Å². The van der Waals surface area contributed by atoms with Crippen LogP contribution < -0.4 is 10.6 Å². The molecule has 7 heteroatoms. The molecule has 1 aromatic carbocycles. The van der Waals surface area contributed by atoms with Crippen molar-refractivity contribution in [3.8, 4) is 0 Å². The fourth-order valence-corrected chi connectivity index (χ4v) is 3.43. The molecule has 1 aliphatic heterocycles. The lowest BCUT2D eigenvalue weighted by Crippen LogP contribution is -2.56. The van der Waals surface area contributed by atoms with Crippen LogP contribution in [0.3, 0.4) is 0 Å². The molecule has 0 saturated carbocycles. The molecule has 0 bridgehead atoms. The second-order valence-corrected chi connectivity index (χ2v) is 7.42. The van der Waals surface area contributed by atoms with Gasteiger partial charge in [0, 0.05) is 25.2 Å². The molecular weight excluding hydrogens is 356 g/mol. The number of anilines is 1. The molecule has 1 saturated heterocycles. The van der Waals surface area contributed by atoms with Crippen LogP contribution in [0.4, 0.5) is 5.69 Å². The fourth-order valence-electron chi connectivity index (χ4n) is 3.43. The van der Waals surface area contributed by atoms with Gasteiger partial charge in [-0.2, -0.15) is 0 Å². The molecule has 1 aliphatic rings. The van der Waals surface area contributed by atoms with Crippen molar-refractivity contribution in [2.24, 2.45) is 0 Å². The normalized spacial score (nSPS) is 20.7. The Morgan fingerprint density at radius 2 is 1.89 bits per heavy atom. The van der Waals surface area contributed by atoms with E-state index in [1.54, 1.807) is 42.7 Å². The number of rotatable bonds is 6. The van der Waals surface area contributed by atoms with Crippen molar-refractivity contribution >= 4 is 17.5 Å². The Morgan fingerprint density at radius 3 is 2.64 bits per heavy atom. The van der Waals surface area contributed by atoms with Crippen LogP contribution in [0.1, 0.15) is 30.0 Å². The van der Waals surface area contributed by atoms with Crippen molar-refractivity contribution in [3.63, 3.8) is 0 Å². The second kappa shape index (κ2) is 9.03. The van der Waals surface area contributed by atoms with Gasteiger partial charge in [-0.05, 0) is 45.2 Å². The summed E-state index contributed by atoms with van der Waals surface area (Å²) in [5, 5.41) is 5.71. The van der Waals surface area contributed by atoms with Gasteiger partial charge >= 0.3 is 0 Å². The second-order valence-electron chi connectivity index (χ2n) is 7.42. The fraction of sp³-hybridized carbons (Fsp3) is 0.429. The monoisotopic (exact) mass is 384 g/mol. The molecule has 2 aromatic rings. The molecule has 0 unspecified atom stereocenters. The van der Waals surface area contributed by atoms with E-state index in [0.29, 0.717) is 42.2 Å². The van der Waals surface area contributed by atoms with Crippen LogP contribution in [0.15, 0.2) is 47.1 Å². The Morgan fingerprint density at radius 1 is 1.11 bits per heavy atom. The molecule has 7 nitrogen and oxygen atoms in total. The Hall–Kier alpha value is -2.64. The molecular formula is C21H28N4O3. The zero-order chi connectivity index (χ0) is 20.1. The lowest BCUT2D eigenvalue weighted by molar-refractivity contribution is -0.118. The number of likely N-dealkylation sites (N-methyl/N-ethyl adjacent to an activating group) is 1. The van der Waals surface area contributed by atoms with Crippen LogP contribution in [0.5, 0.6) is 0 Å². The van der Waals surface area contributed by atoms with E-state index in [1.165, 1.54) is 0 Å². The maximum absolute atomic E-state index is 12.6. The number of benzene rings is 1. The largest absolute Gasteiger partial charge is 0.467 e. The van der Waals surface area contributed by atoms with Crippen molar-refractivity contribution in [3.05, 3.63) is 54.0 Å². The number of carbonyl (C=O) groups is 2. The van der Waals surface area contributed by atoms with E-state index >= 15 is 0 Å². The maximum atomic E-state index is 12.6. The summed E-state index contributed by atoms with van der Waals surface area (Å²) in [7, 11) is 2.11. The van der Waals surface area contributed by atoms with Gasteiger partial charge in [-0.15, -0.1) is 0 Å². The lowest BCUT2D eigenvalue weighted by Gasteiger charge is -2.42. The van der Waals surface area contributed by atoms with Gasteiger partial charge in [0.1, 0.15) is 5.76 Å². The van der Waals surface area contributed by atoms with Crippen molar-refractivity contribution in [1.29, 1.82) is 0 Å². The smallest absolute Gasteiger partial charge is 0.253 e. The first-order chi connectivity index (χ1) is 13.4. The van der Waals surface area contributed by atoms with E-state index in [-0.39, 0.29) is 11.8 Å². The lowest BCUT2D eigenvalue weighted by atomic mass is 10.1. The number of nitrogens with one attached hydrogen (secondary N) is 2. The average molecular weight is 384 g/mol. The van der Waals surface area contributed by atoms with Crippen LogP contribution in [0.25, 0.3) is 0 Å². The highest BCUT2D eigenvalue weighted by molar-refractivity contribution is 6.04. The van der Waals surface area contributed by atoms with Crippen LogP contribution in [-0.2, 0) is 11.3 Å². The van der Waals surface area contributed by atoms with Crippen molar-refractivity contribution in [1.82, 2.24) is 15.1 Å². The number of amides is 2. The summed E-state index contributed by atoms with van der Waals surface area (Å²) in [6, 6.07) is 11.3. The van der Waals surface area contributed by atoms with Crippen molar-refractivity contribution in [2.75, 3.05) is 32.0 Å².